The topological polar surface area (TPSA) is 85.7 Å². The summed E-state index contributed by atoms with van der Waals surface area (Å²) in [7, 11) is 0. The minimum absolute atomic E-state index is 0.0226. The largest absolute Gasteiger partial charge is 0.442 e. The van der Waals surface area contributed by atoms with E-state index in [9.17, 15) is 18.0 Å². The van der Waals surface area contributed by atoms with E-state index in [1.807, 2.05) is 6.07 Å². The molecular weight excluding hydrogens is 443 g/mol. The average molecular weight is 457 g/mol. The molecule has 0 aliphatic rings. The van der Waals surface area contributed by atoms with Gasteiger partial charge in [0.05, 0.1) is 29.7 Å². The maximum absolute atomic E-state index is 14.7. The third-order valence-electron chi connectivity index (χ3n) is 4.50. The van der Waals surface area contributed by atoms with E-state index in [1.165, 1.54) is 29.5 Å². The van der Waals surface area contributed by atoms with Gasteiger partial charge < -0.3 is 4.74 Å². The van der Waals surface area contributed by atoms with Crippen LogP contribution in [0.1, 0.15) is 16.3 Å². The molecule has 32 heavy (non-hydrogen) atoms. The quantitative estimate of drug-likeness (QED) is 0.435. The van der Waals surface area contributed by atoms with Gasteiger partial charge in [-0.3, -0.25) is 4.57 Å². The molecule has 4 rings (SSSR count). The molecule has 2 aromatic carbocycles. The Bertz CT molecular complexity index is 1380. The molecule has 0 unspecified atom stereocenters. The Labute approximate surface area is 183 Å². The summed E-state index contributed by atoms with van der Waals surface area (Å²) in [4.78, 5) is 16.8. The van der Waals surface area contributed by atoms with E-state index in [1.54, 1.807) is 6.92 Å². The number of hydrogen-bond donors (Lipinski definition) is 0. The standard InChI is InChI=1S/C21H14F3N5O2S/c1-12-27-18(7-8-25)20(32-12)31-19-6-5-13(9-17(19)24)29-21(30)28(11-26-29)10-14-15(22)3-2-4-16(14)23/h2-6,9,11H,7,10H2,1H3. The zero-order chi connectivity index (χ0) is 22.8. The lowest BCUT2D eigenvalue weighted by Crippen LogP contribution is -2.24. The van der Waals surface area contributed by atoms with Crippen molar-refractivity contribution < 1.29 is 17.9 Å². The molecule has 0 saturated heterocycles. The Kier molecular flexibility index (Phi) is 5.79. The van der Waals surface area contributed by atoms with Crippen molar-refractivity contribution in [3.8, 4) is 22.6 Å². The minimum atomic E-state index is -0.786. The second kappa shape index (κ2) is 8.68. The molecule has 0 saturated carbocycles. The highest BCUT2D eigenvalue weighted by molar-refractivity contribution is 7.13. The molecule has 0 bridgehead atoms. The number of rotatable bonds is 6. The average Bonchev–Trinajstić information content (AvgIpc) is 3.28. The van der Waals surface area contributed by atoms with Gasteiger partial charge in [0, 0.05) is 11.6 Å². The lowest BCUT2D eigenvalue weighted by molar-refractivity contribution is 0.447. The molecule has 0 spiro atoms. The van der Waals surface area contributed by atoms with Crippen LogP contribution in [0.15, 0.2) is 47.5 Å². The monoisotopic (exact) mass is 457 g/mol. The van der Waals surface area contributed by atoms with Crippen LogP contribution in [0, 0.1) is 35.7 Å². The van der Waals surface area contributed by atoms with Crippen molar-refractivity contribution in [1.29, 1.82) is 5.26 Å². The van der Waals surface area contributed by atoms with Crippen LogP contribution in [0.4, 0.5) is 13.2 Å². The molecule has 4 aromatic rings. The lowest BCUT2D eigenvalue weighted by atomic mass is 10.2. The summed E-state index contributed by atoms with van der Waals surface area (Å²) in [5.74, 6) is -2.45. The van der Waals surface area contributed by atoms with Gasteiger partial charge in [0.1, 0.15) is 23.7 Å². The van der Waals surface area contributed by atoms with Gasteiger partial charge in [-0.2, -0.15) is 15.0 Å². The lowest BCUT2D eigenvalue weighted by Gasteiger charge is -2.07. The Balaban J connectivity index is 1.60. The highest BCUT2D eigenvalue weighted by Gasteiger charge is 2.17. The number of ether oxygens (including phenoxy) is 1. The van der Waals surface area contributed by atoms with Gasteiger partial charge in [-0.05, 0) is 31.2 Å². The summed E-state index contributed by atoms with van der Waals surface area (Å²) in [6, 6.07) is 9.17. The highest BCUT2D eigenvalue weighted by atomic mass is 32.1. The molecule has 0 aliphatic heterocycles. The number of aromatic nitrogens is 4. The van der Waals surface area contributed by atoms with Crippen LogP contribution >= 0.6 is 11.3 Å². The van der Waals surface area contributed by atoms with E-state index < -0.39 is 23.1 Å². The SMILES string of the molecule is Cc1nc(CC#N)c(Oc2ccc(-n3ncn(Cc4c(F)cccc4F)c3=O)cc2F)s1. The Morgan fingerprint density at radius 1 is 1.16 bits per heavy atom. The van der Waals surface area contributed by atoms with Crippen molar-refractivity contribution in [2.24, 2.45) is 0 Å². The number of benzene rings is 2. The molecule has 0 radical (unpaired) electrons. The Morgan fingerprint density at radius 3 is 2.59 bits per heavy atom. The molecule has 0 N–H and O–H groups in total. The van der Waals surface area contributed by atoms with Gasteiger partial charge in [-0.1, -0.05) is 17.4 Å². The van der Waals surface area contributed by atoms with E-state index in [0.717, 1.165) is 33.8 Å². The molecule has 0 fully saturated rings. The second-order valence-electron chi connectivity index (χ2n) is 6.67. The Morgan fingerprint density at radius 2 is 1.91 bits per heavy atom. The van der Waals surface area contributed by atoms with Crippen LogP contribution in [-0.2, 0) is 13.0 Å². The molecule has 0 amide bonds. The zero-order valence-corrected chi connectivity index (χ0v) is 17.4. The van der Waals surface area contributed by atoms with Gasteiger partial charge in [0.25, 0.3) is 0 Å². The predicted octanol–water partition coefficient (Wildman–Crippen LogP) is 4.12. The summed E-state index contributed by atoms with van der Waals surface area (Å²) in [5, 5.41) is 13.8. The number of aryl methyl sites for hydroxylation is 1. The summed E-state index contributed by atoms with van der Waals surface area (Å²) in [6.45, 7) is 1.38. The van der Waals surface area contributed by atoms with Crippen LogP contribution < -0.4 is 10.4 Å². The Hall–Kier alpha value is -3.91. The van der Waals surface area contributed by atoms with Crippen molar-refractivity contribution >= 4 is 11.3 Å². The van der Waals surface area contributed by atoms with E-state index in [2.05, 4.69) is 10.1 Å². The molecule has 0 atom stereocenters. The highest BCUT2D eigenvalue weighted by Crippen LogP contribution is 2.33. The number of halogens is 3. The number of nitriles is 1. The van der Waals surface area contributed by atoms with Gasteiger partial charge in [-0.25, -0.2) is 22.9 Å². The fourth-order valence-corrected chi connectivity index (χ4v) is 3.79. The fraction of sp³-hybridized carbons (Fsp3) is 0.143. The maximum Gasteiger partial charge on any atom is 0.350 e. The third kappa shape index (κ3) is 4.13. The molecule has 7 nitrogen and oxygen atoms in total. The van der Waals surface area contributed by atoms with Crippen molar-refractivity contribution in [3.05, 3.63) is 86.9 Å². The molecule has 162 valence electrons. The van der Waals surface area contributed by atoms with Crippen LogP contribution in [0.2, 0.25) is 0 Å². The first kappa shape index (κ1) is 21.3. The summed E-state index contributed by atoms with van der Waals surface area (Å²) < 4.78 is 49.9. The van der Waals surface area contributed by atoms with Crippen molar-refractivity contribution in [1.82, 2.24) is 19.3 Å². The second-order valence-corrected chi connectivity index (χ2v) is 7.84. The van der Waals surface area contributed by atoms with Crippen molar-refractivity contribution in [3.63, 3.8) is 0 Å². The first-order valence-electron chi connectivity index (χ1n) is 9.25. The third-order valence-corrected chi connectivity index (χ3v) is 5.39. The number of nitrogens with zero attached hydrogens (tertiary/aromatic N) is 5. The van der Waals surface area contributed by atoms with Crippen LogP contribution in [-0.4, -0.2) is 19.3 Å². The predicted molar refractivity (Wildman–Crippen MR) is 109 cm³/mol. The van der Waals surface area contributed by atoms with E-state index in [0.29, 0.717) is 15.8 Å². The molecule has 0 aliphatic carbocycles. The first-order chi connectivity index (χ1) is 15.4. The van der Waals surface area contributed by atoms with Crippen molar-refractivity contribution in [2.45, 2.75) is 19.9 Å². The normalized spacial score (nSPS) is 10.8. The van der Waals surface area contributed by atoms with Crippen LogP contribution in [0.25, 0.3) is 5.69 Å². The molecule has 2 heterocycles. The minimum Gasteiger partial charge on any atom is -0.442 e. The molecule has 2 aromatic heterocycles. The van der Waals surface area contributed by atoms with Gasteiger partial charge in [0.2, 0.25) is 5.06 Å². The summed E-state index contributed by atoms with van der Waals surface area (Å²) in [6.07, 6.45) is 1.14. The number of thiazole rings is 1. The first-order valence-corrected chi connectivity index (χ1v) is 10.1. The smallest absolute Gasteiger partial charge is 0.350 e. The fourth-order valence-electron chi connectivity index (χ4n) is 3.00. The van der Waals surface area contributed by atoms with Crippen molar-refractivity contribution in [2.75, 3.05) is 0 Å². The van der Waals surface area contributed by atoms with Crippen LogP contribution in [0.3, 0.4) is 0 Å². The van der Waals surface area contributed by atoms with E-state index >= 15 is 0 Å². The zero-order valence-electron chi connectivity index (χ0n) is 16.6. The van der Waals surface area contributed by atoms with Gasteiger partial charge in [-0.15, -0.1) is 0 Å². The van der Waals surface area contributed by atoms with Gasteiger partial charge >= 0.3 is 5.69 Å². The van der Waals surface area contributed by atoms with E-state index in [-0.39, 0.29) is 30.0 Å². The summed E-state index contributed by atoms with van der Waals surface area (Å²) in [5.41, 5.74) is -0.466. The number of hydrogen-bond acceptors (Lipinski definition) is 6. The van der Waals surface area contributed by atoms with Crippen LogP contribution in [0.5, 0.6) is 10.8 Å². The summed E-state index contributed by atoms with van der Waals surface area (Å²) >= 11 is 1.18. The molecule has 11 heteroatoms. The maximum atomic E-state index is 14.7. The van der Waals surface area contributed by atoms with Gasteiger partial charge in [0.15, 0.2) is 11.6 Å². The van der Waals surface area contributed by atoms with E-state index in [4.69, 9.17) is 10.00 Å². The molecular formula is C21H14F3N5O2S.